The fraction of sp³-hybridized carbons (Fsp3) is 0.481. The van der Waals surface area contributed by atoms with Crippen molar-refractivity contribution in [2.75, 3.05) is 48.3 Å². The number of piperazine rings is 1. The van der Waals surface area contributed by atoms with Crippen molar-refractivity contribution in [3.05, 3.63) is 34.5 Å². The van der Waals surface area contributed by atoms with E-state index in [2.05, 4.69) is 54.6 Å². The molecule has 2 atom stereocenters. The highest BCUT2D eigenvalue weighted by atomic mass is 35.5. The first-order valence-electron chi connectivity index (χ1n) is 13.5. The molecule has 206 valence electrons. The number of amides is 1. The Labute approximate surface area is 237 Å². The zero-order chi connectivity index (χ0) is 28.0. The fourth-order valence-corrected chi connectivity index (χ4v) is 5.88. The number of nitrogens with zero attached hydrogens (tertiary/aromatic N) is 9. The Bertz CT molecular complexity index is 1550. The van der Waals surface area contributed by atoms with Crippen LogP contribution in [0.5, 0.6) is 0 Å². The van der Waals surface area contributed by atoms with Gasteiger partial charge in [0.2, 0.25) is 17.8 Å². The summed E-state index contributed by atoms with van der Waals surface area (Å²) in [6, 6.07) is 8.70. The smallest absolute Gasteiger partial charge is 0.232 e. The molecular formula is C27H30ClN11O. The Morgan fingerprint density at radius 2 is 1.93 bits per heavy atom. The molecule has 40 heavy (non-hydrogen) atoms. The molecule has 1 aromatic carbocycles. The summed E-state index contributed by atoms with van der Waals surface area (Å²) >= 11 is 6.98. The van der Waals surface area contributed by atoms with E-state index < -0.39 is 0 Å². The number of halogens is 1. The van der Waals surface area contributed by atoms with Crippen molar-refractivity contribution >= 4 is 46.4 Å². The summed E-state index contributed by atoms with van der Waals surface area (Å²) in [6.07, 6.45) is 4.54. The lowest BCUT2D eigenvalue weighted by atomic mass is 10.1. The molecule has 0 spiro atoms. The molecule has 2 aliphatic heterocycles. The van der Waals surface area contributed by atoms with E-state index in [4.69, 9.17) is 11.6 Å². The van der Waals surface area contributed by atoms with Crippen LogP contribution in [0.4, 0.5) is 23.3 Å². The molecule has 2 saturated heterocycles. The van der Waals surface area contributed by atoms with E-state index in [1.807, 2.05) is 11.0 Å². The van der Waals surface area contributed by atoms with Gasteiger partial charge in [-0.2, -0.15) is 30.1 Å². The summed E-state index contributed by atoms with van der Waals surface area (Å²) in [5.41, 5.74) is 2.46. The van der Waals surface area contributed by atoms with E-state index in [1.54, 1.807) is 13.0 Å². The number of hydrogen-bond donors (Lipinski definition) is 2. The number of anilines is 4. The van der Waals surface area contributed by atoms with Crippen molar-refractivity contribution < 1.29 is 4.79 Å². The summed E-state index contributed by atoms with van der Waals surface area (Å²) in [4.78, 5) is 27.6. The van der Waals surface area contributed by atoms with E-state index in [-0.39, 0.29) is 17.9 Å². The normalized spacial score (nSPS) is 21.3. The molecule has 1 aliphatic carbocycles. The van der Waals surface area contributed by atoms with Gasteiger partial charge in [0.1, 0.15) is 11.6 Å². The Morgan fingerprint density at radius 1 is 1.10 bits per heavy atom. The molecule has 3 fully saturated rings. The largest absolute Gasteiger partial charge is 0.365 e. The van der Waals surface area contributed by atoms with Crippen molar-refractivity contribution in [3.63, 3.8) is 0 Å². The SMILES string of the molecule is CC(=O)N1CC[C@H](N2CCN(c3cc(C#N)cc(Nc4nc(NC5CC5)n5ncc(C#N)c5n4)c3Cl)[C@@H](C)C2)C1. The molecule has 1 amide bonds. The minimum atomic E-state index is 0.130. The van der Waals surface area contributed by atoms with Gasteiger partial charge in [0, 0.05) is 57.8 Å². The quantitative estimate of drug-likeness (QED) is 0.463. The van der Waals surface area contributed by atoms with Gasteiger partial charge in [-0.3, -0.25) is 9.69 Å². The molecule has 0 radical (unpaired) electrons. The first-order valence-corrected chi connectivity index (χ1v) is 13.9. The minimum Gasteiger partial charge on any atom is -0.365 e. The summed E-state index contributed by atoms with van der Waals surface area (Å²) in [5.74, 6) is 0.874. The Morgan fingerprint density at radius 3 is 2.60 bits per heavy atom. The maximum Gasteiger partial charge on any atom is 0.232 e. The monoisotopic (exact) mass is 559 g/mol. The number of aromatic nitrogens is 4. The zero-order valence-electron chi connectivity index (χ0n) is 22.4. The maximum absolute atomic E-state index is 11.8. The predicted octanol–water partition coefficient (Wildman–Crippen LogP) is 2.97. The second kappa shape index (κ2) is 10.5. The number of nitrogens with one attached hydrogen (secondary N) is 2. The summed E-state index contributed by atoms with van der Waals surface area (Å²) in [5, 5.41) is 30.7. The lowest BCUT2D eigenvalue weighted by molar-refractivity contribution is -0.128. The number of carbonyl (C=O) groups excluding carboxylic acids is 1. The maximum atomic E-state index is 11.8. The molecule has 6 rings (SSSR count). The second-order valence-corrected chi connectivity index (χ2v) is 11.1. The van der Waals surface area contributed by atoms with Crippen molar-refractivity contribution in [2.24, 2.45) is 0 Å². The van der Waals surface area contributed by atoms with Gasteiger partial charge in [0.15, 0.2) is 5.65 Å². The van der Waals surface area contributed by atoms with Crippen LogP contribution in [0.15, 0.2) is 18.3 Å². The highest BCUT2D eigenvalue weighted by Crippen LogP contribution is 2.38. The van der Waals surface area contributed by atoms with Crippen LogP contribution in [-0.2, 0) is 4.79 Å². The molecule has 12 nitrogen and oxygen atoms in total. The van der Waals surface area contributed by atoms with E-state index in [9.17, 15) is 15.3 Å². The summed E-state index contributed by atoms with van der Waals surface area (Å²) in [6.45, 7) is 7.77. The number of fused-ring (bicyclic) bond motifs is 1. The van der Waals surface area contributed by atoms with Crippen LogP contribution in [-0.4, -0.2) is 86.1 Å². The standard InChI is InChI=1S/C27H30ClN11O/c1-16-14-37(21-5-6-36(15-21)17(2)40)7-8-38(16)23-10-18(11-29)9-22(24(23)28)33-26-34-25-19(12-30)13-31-39(25)27(35-26)32-20-3-4-20/h9-10,13,16,20-21H,3-8,14-15H2,1-2H3,(H2,32,33,34,35)/t16-,21-/m0/s1. The van der Waals surface area contributed by atoms with Gasteiger partial charge in [-0.15, -0.1) is 0 Å². The van der Waals surface area contributed by atoms with Crippen LogP contribution in [0.25, 0.3) is 5.65 Å². The van der Waals surface area contributed by atoms with Crippen molar-refractivity contribution in [2.45, 2.75) is 51.2 Å². The van der Waals surface area contributed by atoms with Crippen molar-refractivity contribution in [1.29, 1.82) is 10.5 Å². The molecule has 3 aliphatic rings. The fourth-order valence-electron chi connectivity index (χ4n) is 5.61. The van der Waals surface area contributed by atoms with E-state index in [0.29, 0.717) is 45.5 Å². The van der Waals surface area contributed by atoms with Gasteiger partial charge in [0.25, 0.3) is 0 Å². The van der Waals surface area contributed by atoms with Gasteiger partial charge in [-0.1, -0.05) is 11.6 Å². The molecule has 0 bridgehead atoms. The molecule has 2 aromatic heterocycles. The van der Waals surface area contributed by atoms with Crippen LogP contribution in [0.1, 0.15) is 44.2 Å². The molecule has 3 aromatic rings. The van der Waals surface area contributed by atoms with Crippen LogP contribution < -0.4 is 15.5 Å². The molecular weight excluding hydrogens is 530 g/mol. The second-order valence-electron chi connectivity index (χ2n) is 10.7. The first-order chi connectivity index (χ1) is 19.3. The first kappa shape index (κ1) is 26.1. The Kier molecular flexibility index (Phi) is 6.82. The van der Waals surface area contributed by atoms with Crippen molar-refractivity contribution in [3.8, 4) is 12.1 Å². The van der Waals surface area contributed by atoms with Gasteiger partial charge in [0.05, 0.1) is 34.2 Å². The van der Waals surface area contributed by atoms with E-state index in [1.165, 1.54) is 10.7 Å². The third kappa shape index (κ3) is 4.96. The Hall–Kier alpha value is -4.13. The highest BCUT2D eigenvalue weighted by Gasteiger charge is 2.34. The Balaban J connectivity index is 1.27. The van der Waals surface area contributed by atoms with Gasteiger partial charge >= 0.3 is 0 Å². The highest BCUT2D eigenvalue weighted by molar-refractivity contribution is 6.36. The molecule has 2 N–H and O–H groups in total. The molecule has 13 heteroatoms. The third-order valence-corrected chi connectivity index (χ3v) is 8.32. The number of carbonyl (C=O) groups is 1. The van der Waals surface area contributed by atoms with E-state index >= 15 is 0 Å². The molecule has 1 saturated carbocycles. The number of nitriles is 2. The van der Waals surface area contributed by atoms with Gasteiger partial charge < -0.3 is 20.4 Å². The number of hydrogen-bond acceptors (Lipinski definition) is 10. The number of likely N-dealkylation sites (tertiary alicyclic amines) is 1. The van der Waals surface area contributed by atoms with Gasteiger partial charge in [-0.25, -0.2) is 0 Å². The number of benzene rings is 1. The van der Waals surface area contributed by atoms with Crippen LogP contribution in [0.3, 0.4) is 0 Å². The summed E-state index contributed by atoms with van der Waals surface area (Å²) in [7, 11) is 0. The predicted molar refractivity (Wildman–Crippen MR) is 151 cm³/mol. The minimum absolute atomic E-state index is 0.130. The molecule has 4 heterocycles. The zero-order valence-corrected chi connectivity index (χ0v) is 23.2. The summed E-state index contributed by atoms with van der Waals surface area (Å²) < 4.78 is 1.53. The van der Waals surface area contributed by atoms with E-state index in [0.717, 1.165) is 57.7 Å². The lowest BCUT2D eigenvalue weighted by Gasteiger charge is -2.44. The topological polar surface area (TPSA) is 142 Å². The van der Waals surface area contributed by atoms with Crippen molar-refractivity contribution in [1.82, 2.24) is 29.4 Å². The van der Waals surface area contributed by atoms with Gasteiger partial charge in [-0.05, 0) is 38.3 Å². The third-order valence-electron chi connectivity index (χ3n) is 7.92. The van der Waals surface area contributed by atoms with Crippen LogP contribution >= 0.6 is 11.6 Å². The van der Waals surface area contributed by atoms with Crippen LogP contribution in [0, 0.1) is 22.7 Å². The molecule has 0 unspecified atom stereocenters. The lowest BCUT2D eigenvalue weighted by Crippen LogP contribution is -2.55. The average molecular weight is 560 g/mol. The van der Waals surface area contributed by atoms with Crippen LogP contribution in [0.2, 0.25) is 5.02 Å². The average Bonchev–Trinajstić information content (AvgIpc) is 3.44. The number of rotatable bonds is 6.